The molecule has 0 spiro atoms. The van der Waals surface area contributed by atoms with Crippen LogP contribution in [-0.2, 0) is 6.54 Å². The Bertz CT molecular complexity index is 496. The summed E-state index contributed by atoms with van der Waals surface area (Å²) in [4.78, 5) is 10.5. The monoisotopic (exact) mass is 242 g/mol. The van der Waals surface area contributed by atoms with Crippen molar-refractivity contribution in [3.8, 4) is 0 Å². The SMILES string of the molecule is CC(C)N(Cc1cccc(N)c1)c1ccncn1. The van der Waals surface area contributed by atoms with Crippen molar-refractivity contribution < 1.29 is 0 Å². The number of nitrogen functional groups attached to an aromatic ring is 1. The molecule has 94 valence electrons. The van der Waals surface area contributed by atoms with Crippen LogP contribution in [0, 0.1) is 0 Å². The summed E-state index contributed by atoms with van der Waals surface area (Å²) in [6.45, 7) is 5.09. The van der Waals surface area contributed by atoms with Gasteiger partial charge in [0, 0.05) is 24.5 Å². The molecule has 1 aromatic carbocycles. The van der Waals surface area contributed by atoms with Gasteiger partial charge in [0.05, 0.1) is 0 Å². The Morgan fingerprint density at radius 1 is 1.28 bits per heavy atom. The first kappa shape index (κ1) is 12.4. The fourth-order valence-electron chi connectivity index (χ4n) is 1.87. The Morgan fingerprint density at radius 3 is 2.72 bits per heavy atom. The summed E-state index contributed by atoms with van der Waals surface area (Å²) in [5.41, 5.74) is 7.78. The van der Waals surface area contributed by atoms with Crippen LogP contribution < -0.4 is 10.6 Å². The van der Waals surface area contributed by atoms with Gasteiger partial charge in [-0.05, 0) is 37.6 Å². The molecule has 2 aromatic rings. The number of aromatic nitrogens is 2. The third kappa shape index (κ3) is 2.97. The van der Waals surface area contributed by atoms with E-state index in [9.17, 15) is 0 Å². The molecular weight excluding hydrogens is 224 g/mol. The number of anilines is 2. The van der Waals surface area contributed by atoms with Gasteiger partial charge in [0.2, 0.25) is 0 Å². The largest absolute Gasteiger partial charge is 0.399 e. The molecule has 4 heteroatoms. The molecule has 0 amide bonds. The van der Waals surface area contributed by atoms with Gasteiger partial charge in [-0.25, -0.2) is 9.97 Å². The van der Waals surface area contributed by atoms with Crippen LogP contribution in [0.4, 0.5) is 11.5 Å². The minimum absolute atomic E-state index is 0.362. The number of nitrogens with two attached hydrogens (primary N) is 1. The van der Waals surface area contributed by atoms with Gasteiger partial charge in [0.15, 0.2) is 0 Å². The van der Waals surface area contributed by atoms with Crippen molar-refractivity contribution in [2.75, 3.05) is 10.6 Å². The molecule has 0 bridgehead atoms. The second-order valence-corrected chi connectivity index (χ2v) is 4.53. The van der Waals surface area contributed by atoms with Gasteiger partial charge >= 0.3 is 0 Å². The average molecular weight is 242 g/mol. The van der Waals surface area contributed by atoms with Crippen molar-refractivity contribution in [2.24, 2.45) is 0 Å². The van der Waals surface area contributed by atoms with Crippen molar-refractivity contribution in [3.05, 3.63) is 48.4 Å². The normalized spacial score (nSPS) is 10.6. The molecule has 1 heterocycles. The molecule has 0 atom stereocenters. The Balaban J connectivity index is 2.22. The molecule has 0 aliphatic heterocycles. The van der Waals surface area contributed by atoms with Gasteiger partial charge in [0.25, 0.3) is 0 Å². The van der Waals surface area contributed by atoms with Crippen LogP contribution in [0.1, 0.15) is 19.4 Å². The van der Waals surface area contributed by atoms with E-state index in [2.05, 4.69) is 34.8 Å². The molecule has 1 aromatic heterocycles. The maximum absolute atomic E-state index is 5.80. The second kappa shape index (κ2) is 5.49. The van der Waals surface area contributed by atoms with Crippen LogP contribution in [-0.4, -0.2) is 16.0 Å². The highest BCUT2D eigenvalue weighted by Gasteiger charge is 2.12. The highest BCUT2D eigenvalue weighted by molar-refractivity contribution is 5.44. The van der Waals surface area contributed by atoms with E-state index < -0.39 is 0 Å². The molecule has 4 nitrogen and oxygen atoms in total. The fraction of sp³-hybridized carbons (Fsp3) is 0.286. The number of nitrogens with zero attached hydrogens (tertiary/aromatic N) is 3. The Hall–Kier alpha value is -2.10. The molecule has 2 N–H and O–H groups in total. The van der Waals surface area contributed by atoms with Crippen LogP contribution in [0.5, 0.6) is 0 Å². The molecule has 0 fully saturated rings. The zero-order valence-corrected chi connectivity index (χ0v) is 10.7. The van der Waals surface area contributed by atoms with Gasteiger partial charge in [0.1, 0.15) is 12.1 Å². The van der Waals surface area contributed by atoms with Crippen LogP contribution in [0.3, 0.4) is 0 Å². The highest BCUT2D eigenvalue weighted by atomic mass is 15.2. The lowest BCUT2D eigenvalue weighted by molar-refractivity contribution is 0.671. The van der Waals surface area contributed by atoms with Gasteiger partial charge in [-0.3, -0.25) is 0 Å². The van der Waals surface area contributed by atoms with Crippen LogP contribution in [0.2, 0.25) is 0 Å². The summed E-state index contributed by atoms with van der Waals surface area (Å²) in [5.74, 6) is 0.933. The Morgan fingerprint density at radius 2 is 2.11 bits per heavy atom. The van der Waals surface area contributed by atoms with E-state index in [1.165, 1.54) is 5.56 Å². The lowest BCUT2D eigenvalue weighted by Gasteiger charge is -2.27. The molecule has 18 heavy (non-hydrogen) atoms. The van der Waals surface area contributed by atoms with Gasteiger partial charge in [-0.1, -0.05) is 12.1 Å². The highest BCUT2D eigenvalue weighted by Crippen LogP contribution is 2.17. The van der Waals surface area contributed by atoms with E-state index in [1.807, 2.05) is 24.3 Å². The zero-order valence-electron chi connectivity index (χ0n) is 10.7. The first-order chi connectivity index (χ1) is 8.66. The standard InChI is InChI=1S/C14H18N4/c1-11(2)18(14-6-7-16-10-17-14)9-12-4-3-5-13(15)8-12/h3-8,10-11H,9,15H2,1-2H3. The van der Waals surface area contributed by atoms with Gasteiger partial charge in [-0.2, -0.15) is 0 Å². The molecule has 0 saturated carbocycles. The summed E-state index contributed by atoms with van der Waals surface area (Å²) in [6, 6.07) is 10.2. The van der Waals surface area contributed by atoms with Crippen molar-refractivity contribution in [1.29, 1.82) is 0 Å². The number of benzene rings is 1. The second-order valence-electron chi connectivity index (χ2n) is 4.53. The van der Waals surface area contributed by atoms with Crippen LogP contribution >= 0.6 is 0 Å². The minimum atomic E-state index is 0.362. The molecule has 2 rings (SSSR count). The molecule has 0 radical (unpaired) electrons. The predicted octanol–water partition coefficient (Wildman–Crippen LogP) is 2.47. The van der Waals surface area contributed by atoms with Crippen molar-refractivity contribution in [2.45, 2.75) is 26.4 Å². The topological polar surface area (TPSA) is 55.0 Å². The van der Waals surface area contributed by atoms with Crippen molar-refractivity contribution >= 4 is 11.5 Å². The van der Waals surface area contributed by atoms with E-state index in [0.29, 0.717) is 6.04 Å². The van der Waals surface area contributed by atoms with E-state index >= 15 is 0 Å². The quantitative estimate of drug-likeness (QED) is 0.837. The van der Waals surface area contributed by atoms with Crippen molar-refractivity contribution in [3.63, 3.8) is 0 Å². The number of rotatable bonds is 4. The summed E-state index contributed by atoms with van der Waals surface area (Å²) in [6.07, 6.45) is 3.33. The molecule has 0 aliphatic carbocycles. The molecule has 0 saturated heterocycles. The summed E-state index contributed by atoms with van der Waals surface area (Å²) in [5, 5.41) is 0. The number of hydrogen-bond acceptors (Lipinski definition) is 4. The van der Waals surface area contributed by atoms with Gasteiger partial charge in [-0.15, -0.1) is 0 Å². The summed E-state index contributed by atoms with van der Waals surface area (Å²) >= 11 is 0. The average Bonchev–Trinajstić information content (AvgIpc) is 2.37. The molecular formula is C14H18N4. The predicted molar refractivity (Wildman–Crippen MR) is 74.2 cm³/mol. The Kier molecular flexibility index (Phi) is 3.77. The van der Waals surface area contributed by atoms with E-state index in [-0.39, 0.29) is 0 Å². The van der Waals surface area contributed by atoms with Gasteiger partial charge < -0.3 is 10.6 Å². The lowest BCUT2D eigenvalue weighted by atomic mass is 10.1. The van der Waals surface area contributed by atoms with E-state index in [4.69, 9.17) is 5.73 Å². The van der Waals surface area contributed by atoms with E-state index in [1.54, 1.807) is 12.5 Å². The molecule has 0 aliphatic rings. The van der Waals surface area contributed by atoms with Crippen molar-refractivity contribution in [1.82, 2.24) is 9.97 Å². The third-order valence-corrected chi connectivity index (χ3v) is 2.79. The maximum atomic E-state index is 5.80. The Labute approximate surface area is 107 Å². The molecule has 0 unspecified atom stereocenters. The van der Waals surface area contributed by atoms with E-state index in [0.717, 1.165) is 18.1 Å². The first-order valence-electron chi connectivity index (χ1n) is 6.04. The summed E-state index contributed by atoms with van der Waals surface area (Å²) < 4.78 is 0. The number of hydrogen-bond donors (Lipinski definition) is 1. The lowest BCUT2D eigenvalue weighted by Crippen LogP contribution is -2.30. The minimum Gasteiger partial charge on any atom is -0.399 e. The summed E-state index contributed by atoms with van der Waals surface area (Å²) in [7, 11) is 0. The third-order valence-electron chi connectivity index (χ3n) is 2.79. The zero-order chi connectivity index (χ0) is 13.0. The maximum Gasteiger partial charge on any atom is 0.132 e. The fourth-order valence-corrected chi connectivity index (χ4v) is 1.87. The van der Waals surface area contributed by atoms with Crippen LogP contribution in [0.15, 0.2) is 42.9 Å². The smallest absolute Gasteiger partial charge is 0.132 e. The van der Waals surface area contributed by atoms with Crippen LogP contribution in [0.25, 0.3) is 0 Å². The first-order valence-corrected chi connectivity index (χ1v) is 6.04.